The number of halogens is 1. The molecule has 1 aromatic rings. The van der Waals surface area contributed by atoms with Crippen LogP contribution in [0.3, 0.4) is 0 Å². The second-order valence-electron chi connectivity index (χ2n) is 4.06. The van der Waals surface area contributed by atoms with Crippen LogP contribution in [0.5, 0.6) is 0 Å². The average Bonchev–Trinajstić information content (AvgIpc) is 2.35. The van der Waals surface area contributed by atoms with Crippen molar-refractivity contribution < 1.29 is 23.1 Å². The molecule has 0 saturated carbocycles. The minimum absolute atomic E-state index is 0.195. The number of sulfonamides is 1. The van der Waals surface area contributed by atoms with Crippen molar-refractivity contribution in [1.82, 2.24) is 9.62 Å². The zero-order chi connectivity index (χ0) is 15.5. The number of amides is 1. The number of benzene rings is 1. The van der Waals surface area contributed by atoms with Crippen molar-refractivity contribution in [1.29, 1.82) is 0 Å². The fraction of sp³-hybridized carbons (Fsp3) is 0.273. The topological polar surface area (TPSA) is 104 Å². The molecule has 1 rings (SSSR count). The maximum atomic E-state index is 11.9. The first-order valence-corrected chi connectivity index (χ1v) is 7.24. The molecule has 1 aromatic carbocycles. The molecule has 20 heavy (non-hydrogen) atoms. The number of hydrogen-bond donors (Lipinski definition) is 2. The van der Waals surface area contributed by atoms with Gasteiger partial charge < -0.3 is 10.0 Å². The van der Waals surface area contributed by atoms with Crippen LogP contribution >= 0.6 is 11.6 Å². The van der Waals surface area contributed by atoms with Crippen molar-refractivity contribution in [2.75, 3.05) is 20.6 Å². The molecule has 1 amide bonds. The molecule has 0 unspecified atom stereocenters. The lowest BCUT2D eigenvalue weighted by molar-refractivity contribution is -0.127. The first-order chi connectivity index (χ1) is 9.15. The van der Waals surface area contributed by atoms with Crippen molar-refractivity contribution in [3.05, 3.63) is 28.8 Å². The molecule has 0 aliphatic heterocycles. The second kappa shape index (κ2) is 6.21. The van der Waals surface area contributed by atoms with E-state index in [0.717, 1.165) is 18.2 Å². The smallest absolute Gasteiger partial charge is 0.337 e. The summed E-state index contributed by atoms with van der Waals surface area (Å²) in [5, 5.41) is 8.60. The van der Waals surface area contributed by atoms with Crippen molar-refractivity contribution >= 4 is 33.5 Å². The highest BCUT2D eigenvalue weighted by atomic mass is 35.5. The molecule has 2 N–H and O–H groups in total. The van der Waals surface area contributed by atoms with E-state index in [0.29, 0.717) is 0 Å². The van der Waals surface area contributed by atoms with Gasteiger partial charge in [-0.2, -0.15) is 0 Å². The minimum Gasteiger partial charge on any atom is -0.478 e. The zero-order valence-corrected chi connectivity index (χ0v) is 12.3. The summed E-state index contributed by atoms with van der Waals surface area (Å²) in [5.41, 5.74) is -0.199. The number of carboxylic acids is 1. The van der Waals surface area contributed by atoms with Gasteiger partial charge in [0.1, 0.15) is 0 Å². The lowest BCUT2D eigenvalue weighted by Crippen LogP contribution is -2.36. The Balaban J connectivity index is 2.96. The summed E-state index contributed by atoms with van der Waals surface area (Å²) in [5.74, 6) is -1.67. The van der Waals surface area contributed by atoms with Gasteiger partial charge in [-0.05, 0) is 18.2 Å². The van der Waals surface area contributed by atoms with Crippen LogP contribution in [0.15, 0.2) is 23.1 Å². The maximum Gasteiger partial charge on any atom is 0.337 e. The van der Waals surface area contributed by atoms with Gasteiger partial charge in [0.05, 0.1) is 22.0 Å². The van der Waals surface area contributed by atoms with Crippen molar-refractivity contribution in [3.8, 4) is 0 Å². The third-order valence-corrected chi connectivity index (χ3v) is 4.11. The maximum absolute atomic E-state index is 11.9. The van der Waals surface area contributed by atoms with Gasteiger partial charge in [0, 0.05) is 14.1 Å². The molecule has 0 bridgehead atoms. The molecule has 0 fully saturated rings. The number of nitrogens with one attached hydrogen (secondary N) is 1. The molecule has 0 aromatic heterocycles. The van der Waals surface area contributed by atoms with Crippen LogP contribution in [0.1, 0.15) is 10.4 Å². The first-order valence-electron chi connectivity index (χ1n) is 5.38. The van der Waals surface area contributed by atoms with Crippen LogP contribution in [0.25, 0.3) is 0 Å². The predicted octanol–water partition coefficient (Wildman–Crippen LogP) is 0.405. The predicted molar refractivity (Wildman–Crippen MR) is 72.3 cm³/mol. The third-order valence-electron chi connectivity index (χ3n) is 2.39. The van der Waals surface area contributed by atoms with Gasteiger partial charge in [-0.3, -0.25) is 4.79 Å². The minimum atomic E-state index is -3.93. The van der Waals surface area contributed by atoms with Gasteiger partial charge in [0.25, 0.3) is 0 Å². The molecular weight excluding hydrogens is 308 g/mol. The lowest BCUT2D eigenvalue weighted by atomic mass is 10.2. The summed E-state index contributed by atoms with van der Waals surface area (Å²) in [6.07, 6.45) is 0. The quantitative estimate of drug-likeness (QED) is 0.817. The monoisotopic (exact) mass is 320 g/mol. The zero-order valence-electron chi connectivity index (χ0n) is 10.8. The summed E-state index contributed by atoms with van der Waals surface area (Å²) < 4.78 is 25.9. The Morgan fingerprint density at radius 1 is 1.35 bits per heavy atom. The first kappa shape index (κ1) is 16.4. The molecule has 0 heterocycles. The lowest BCUT2D eigenvalue weighted by Gasteiger charge is -2.11. The standard InChI is InChI=1S/C11H13ClN2O5S/c1-14(2)10(15)6-13-20(18,19)7-3-4-8(11(16)17)9(12)5-7/h3-5,13H,6H2,1-2H3,(H,16,17). The fourth-order valence-electron chi connectivity index (χ4n) is 1.23. The highest BCUT2D eigenvalue weighted by molar-refractivity contribution is 7.89. The van der Waals surface area contributed by atoms with Crippen LogP contribution in [0, 0.1) is 0 Å². The Kier molecular flexibility index (Phi) is 5.09. The second-order valence-corrected chi connectivity index (χ2v) is 6.23. The highest BCUT2D eigenvalue weighted by Gasteiger charge is 2.19. The summed E-state index contributed by atoms with van der Waals surface area (Å²) >= 11 is 5.70. The van der Waals surface area contributed by atoms with Gasteiger partial charge >= 0.3 is 5.97 Å². The van der Waals surface area contributed by atoms with E-state index in [2.05, 4.69) is 4.72 Å². The number of rotatable bonds is 5. The summed E-state index contributed by atoms with van der Waals surface area (Å²) in [4.78, 5) is 23.1. The van der Waals surface area contributed by atoms with Gasteiger partial charge in [0.2, 0.25) is 15.9 Å². The summed E-state index contributed by atoms with van der Waals surface area (Å²) in [6.45, 7) is -0.395. The van der Waals surface area contributed by atoms with Crippen molar-refractivity contribution in [3.63, 3.8) is 0 Å². The Morgan fingerprint density at radius 3 is 2.40 bits per heavy atom. The van der Waals surface area contributed by atoms with E-state index in [1.165, 1.54) is 19.0 Å². The van der Waals surface area contributed by atoms with Gasteiger partial charge in [-0.1, -0.05) is 11.6 Å². The molecule has 0 atom stereocenters. The number of carboxylic acid groups (broad SMARTS) is 1. The van der Waals surface area contributed by atoms with E-state index in [4.69, 9.17) is 16.7 Å². The molecule has 0 spiro atoms. The van der Waals surface area contributed by atoms with E-state index < -0.39 is 28.4 Å². The number of carbonyl (C=O) groups is 2. The number of hydrogen-bond acceptors (Lipinski definition) is 4. The largest absolute Gasteiger partial charge is 0.478 e. The normalized spacial score (nSPS) is 11.2. The van der Waals surface area contributed by atoms with E-state index in [-0.39, 0.29) is 15.5 Å². The van der Waals surface area contributed by atoms with Crippen molar-refractivity contribution in [2.45, 2.75) is 4.90 Å². The van der Waals surface area contributed by atoms with Gasteiger partial charge in [0.15, 0.2) is 0 Å². The molecular formula is C11H13ClN2O5S. The summed E-state index contributed by atoms with van der Waals surface area (Å²) in [6, 6.07) is 3.22. The number of carbonyl (C=O) groups excluding carboxylic acids is 1. The molecule has 0 aliphatic rings. The summed E-state index contributed by atoms with van der Waals surface area (Å²) in [7, 11) is -0.938. The Hall–Kier alpha value is -1.64. The third kappa shape index (κ3) is 3.92. The van der Waals surface area contributed by atoms with E-state index >= 15 is 0 Å². The Bertz CT molecular complexity index is 642. The van der Waals surface area contributed by atoms with Crippen molar-refractivity contribution in [2.24, 2.45) is 0 Å². The molecule has 0 radical (unpaired) electrons. The van der Waals surface area contributed by atoms with E-state index in [9.17, 15) is 18.0 Å². The van der Waals surface area contributed by atoms with Crippen LogP contribution in [-0.2, 0) is 14.8 Å². The van der Waals surface area contributed by atoms with Gasteiger partial charge in [-0.15, -0.1) is 0 Å². The molecule has 7 nitrogen and oxygen atoms in total. The Morgan fingerprint density at radius 2 is 1.95 bits per heavy atom. The number of nitrogens with zero attached hydrogens (tertiary/aromatic N) is 1. The molecule has 110 valence electrons. The van der Waals surface area contributed by atoms with Crippen LogP contribution in [0.2, 0.25) is 5.02 Å². The Labute approximate surface area is 121 Å². The fourth-order valence-corrected chi connectivity index (χ4v) is 2.56. The van der Waals surface area contributed by atoms with Gasteiger partial charge in [-0.25, -0.2) is 17.9 Å². The van der Waals surface area contributed by atoms with Crippen LogP contribution in [0.4, 0.5) is 0 Å². The molecule has 0 aliphatic carbocycles. The SMILES string of the molecule is CN(C)C(=O)CNS(=O)(=O)c1ccc(C(=O)O)c(Cl)c1. The average molecular weight is 321 g/mol. The van der Waals surface area contributed by atoms with E-state index in [1.54, 1.807) is 0 Å². The number of likely N-dealkylation sites (N-methyl/N-ethyl adjacent to an activating group) is 1. The molecule has 9 heteroatoms. The van der Waals surface area contributed by atoms with Crippen LogP contribution in [-0.4, -0.2) is 50.9 Å². The molecule has 0 saturated heterocycles. The van der Waals surface area contributed by atoms with E-state index in [1.807, 2.05) is 0 Å². The number of aromatic carboxylic acids is 1. The highest BCUT2D eigenvalue weighted by Crippen LogP contribution is 2.20. The van der Waals surface area contributed by atoms with Crippen LogP contribution < -0.4 is 4.72 Å².